The van der Waals surface area contributed by atoms with E-state index in [1.165, 1.54) is 5.56 Å². The fourth-order valence-electron chi connectivity index (χ4n) is 3.78. The van der Waals surface area contributed by atoms with Crippen LogP contribution in [0.25, 0.3) is 11.0 Å². The minimum atomic E-state index is 0.0714. The van der Waals surface area contributed by atoms with Crippen molar-refractivity contribution in [3.8, 4) is 0 Å². The first kappa shape index (κ1) is 19.9. The molecule has 0 fully saturated rings. The number of amides is 1. The van der Waals surface area contributed by atoms with Crippen LogP contribution in [0.15, 0.2) is 78.9 Å². The van der Waals surface area contributed by atoms with E-state index in [0.29, 0.717) is 13.0 Å². The van der Waals surface area contributed by atoms with Gasteiger partial charge in [-0.2, -0.15) is 0 Å². The molecule has 0 atom stereocenters. The molecule has 1 N–H and O–H groups in total. The van der Waals surface area contributed by atoms with E-state index in [-0.39, 0.29) is 5.91 Å². The van der Waals surface area contributed by atoms with E-state index in [1.54, 1.807) is 0 Å². The third kappa shape index (κ3) is 4.77. The van der Waals surface area contributed by atoms with Gasteiger partial charge in [0.15, 0.2) is 0 Å². The number of rotatable bonds is 8. The number of para-hydroxylation sites is 2. The summed E-state index contributed by atoms with van der Waals surface area (Å²) in [6.45, 7) is 3.50. The number of aryl methyl sites for hydroxylation is 2. The average Bonchev–Trinajstić information content (AvgIpc) is 3.11. The molecular weight excluding hydrogens is 370 g/mol. The van der Waals surface area contributed by atoms with E-state index in [4.69, 9.17) is 4.98 Å². The van der Waals surface area contributed by atoms with Crippen molar-refractivity contribution >= 4 is 16.9 Å². The highest BCUT2D eigenvalue weighted by atomic mass is 16.1. The Kier molecular flexibility index (Phi) is 6.23. The standard InChI is InChI=1S/C26H27N3O/c1-20-10-5-6-13-22(20)18-26(30)27-17-9-16-25-28-23-14-7-8-15-24(23)29(25)19-21-11-3-2-4-12-21/h2-8,10-15H,9,16-19H2,1H3,(H,27,30). The van der Waals surface area contributed by atoms with Gasteiger partial charge in [0.1, 0.15) is 5.82 Å². The molecule has 4 rings (SSSR count). The van der Waals surface area contributed by atoms with Crippen LogP contribution in [0.3, 0.4) is 0 Å². The lowest BCUT2D eigenvalue weighted by Crippen LogP contribution is -2.26. The van der Waals surface area contributed by atoms with E-state index in [1.807, 2.05) is 43.3 Å². The summed E-state index contributed by atoms with van der Waals surface area (Å²) in [5.74, 6) is 1.13. The maximum Gasteiger partial charge on any atom is 0.224 e. The molecule has 30 heavy (non-hydrogen) atoms. The molecule has 152 valence electrons. The third-order valence-corrected chi connectivity index (χ3v) is 5.43. The van der Waals surface area contributed by atoms with Gasteiger partial charge in [-0.05, 0) is 42.2 Å². The van der Waals surface area contributed by atoms with Gasteiger partial charge in [-0.25, -0.2) is 4.98 Å². The van der Waals surface area contributed by atoms with Gasteiger partial charge in [0.05, 0.1) is 17.5 Å². The average molecular weight is 398 g/mol. The van der Waals surface area contributed by atoms with E-state index in [9.17, 15) is 4.79 Å². The molecule has 0 aliphatic heterocycles. The highest BCUT2D eigenvalue weighted by Gasteiger charge is 2.11. The van der Waals surface area contributed by atoms with Crippen LogP contribution in [0.1, 0.15) is 28.9 Å². The fraction of sp³-hybridized carbons (Fsp3) is 0.231. The van der Waals surface area contributed by atoms with Crippen LogP contribution >= 0.6 is 0 Å². The van der Waals surface area contributed by atoms with Gasteiger partial charge in [-0.1, -0.05) is 66.7 Å². The number of carbonyl (C=O) groups is 1. The van der Waals surface area contributed by atoms with E-state index in [0.717, 1.165) is 47.4 Å². The van der Waals surface area contributed by atoms with Crippen molar-refractivity contribution in [1.82, 2.24) is 14.9 Å². The number of nitrogens with one attached hydrogen (secondary N) is 1. The van der Waals surface area contributed by atoms with Crippen LogP contribution in [-0.4, -0.2) is 22.0 Å². The number of nitrogens with zero attached hydrogens (tertiary/aromatic N) is 2. The van der Waals surface area contributed by atoms with Crippen molar-refractivity contribution in [1.29, 1.82) is 0 Å². The molecule has 0 radical (unpaired) electrons. The molecule has 3 aromatic carbocycles. The van der Waals surface area contributed by atoms with Crippen molar-refractivity contribution in [2.45, 2.75) is 32.7 Å². The lowest BCUT2D eigenvalue weighted by Gasteiger charge is -2.10. The first-order valence-corrected chi connectivity index (χ1v) is 10.5. The summed E-state index contributed by atoms with van der Waals surface area (Å²) >= 11 is 0. The third-order valence-electron chi connectivity index (χ3n) is 5.43. The SMILES string of the molecule is Cc1ccccc1CC(=O)NCCCc1nc2ccccc2n1Cc1ccccc1. The Labute approximate surface area is 177 Å². The monoisotopic (exact) mass is 397 g/mol. The van der Waals surface area contributed by atoms with Crippen LogP contribution in [0.4, 0.5) is 0 Å². The smallest absolute Gasteiger partial charge is 0.224 e. The number of hydrogen-bond acceptors (Lipinski definition) is 2. The van der Waals surface area contributed by atoms with E-state index in [2.05, 4.69) is 52.3 Å². The van der Waals surface area contributed by atoms with Crippen molar-refractivity contribution < 1.29 is 4.79 Å². The Morgan fingerprint density at radius 1 is 0.933 bits per heavy atom. The largest absolute Gasteiger partial charge is 0.356 e. The zero-order valence-electron chi connectivity index (χ0n) is 17.3. The Bertz CT molecular complexity index is 1130. The molecule has 0 aliphatic rings. The number of fused-ring (bicyclic) bond motifs is 1. The molecule has 1 aromatic heterocycles. The molecule has 0 spiro atoms. The van der Waals surface area contributed by atoms with Crippen LogP contribution in [0.2, 0.25) is 0 Å². The summed E-state index contributed by atoms with van der Waals surface area (Å²) in [5, 5.41) is 3.06. The Hall–Kier alpha value is -3.40. The predicted molar refractivity (Wildman–Crippen MR) is 121 cm³/mol. The second kappa shape index (κ2) is 9.40. The molecule has 0 unspecified atom stereocenters. The molecule has 0 aliphatic carbocycles. The van der Waals surface area contributed by atoms with E-state index >= 15 is 0 Å². The Morgan fingerprint density at radius 2 is 1.67 bits per heavy atom. The highest BCUT2D eigenvalue weighted by Crippen LogP contribution is 2.19. The summed E-state index contributed by atoms with van der Waals surface area (Å²) in [4.78, 5) is 17.1. The maximum atomic E-state index is 12.3. The zero-order chi connectivity index (χ0) is 20.8. The lowest BCUT2D eigenvalue weighted by molar-refractivity contribution is -0.120. The molecule has 0 saturated carbocycles. The van der Waals surface area contributed by atoms with Gasteiger partial charge in [0.25, 0.3) is 0 Å². The van der Waals surface area contributed by atoms with Crippen LogP contribution in [-0.2, 0) is 24.2 Å². The molecule has 0 bridgehead atoms. The molecule has 4 heteroatoms. The summed E-state index contributed by atoms with van der Waals surface area (Å²) in [6.07, 6.45) is 2.11. The van der Waals surface area contributed by atoms with Gasteiger partial charge in [-0.3, -0.25) is 4.79 Å². The molecule has 4 aromatic rings. The normalized spacial score (nSPS) is 11.0. The zero-order valence-corrected chi connectivity index (χ0v) is 17.3. The minimum absolute atomic E-state index is 0.0714. The van der Waals surface area contributed by atoms with Crippen molar-refractivity contribution in [3.05, 3.63) is 101 Å². The number of carbonyl (C=O) groups excluding carboxylic acids is 1. The second-order valence-corrected chi connectivity index (χ2v) is 7.65. The molecule has 4 nitrogen and oxygen atoms in total. The predicted octanol–water partition coefficient (Wildman–Crippen LogP) is 4.68. The number of imidazole rings is 1. The number of benzene rings is 3. The van der Waals surface area contributed by atoms with E-state index < -0.39 is 0 Å². The Morgan fingerprint density at radius 3 is 2.50 bits per heavy atom. The molecule has 1 amide bonds. The quantitative estimate of drug-likeness (QED) is 0.439. The van der Waals surface area contributed by atoms with Gasteiger partial charge in [0.2, 0.25) is 5.91 Å². The first-order chi connectivity index (χ1) is 14.7. The Balaban J connectivity index is 1.38. The van der Waals surface area contributed by atoms with Gasteiger partial charge in [0, 0.05) is 19.5 Å². The van der Waals surface area contributed by atoms with Crippen molar-refractivity contribution in [2.75, 3.05) is 6.54 Å². The molecule has 0 saturated heterocycles. The fourth-order valence-corrected chi connectivity index (χ4v) is 3.78. The molecular formula is C26H27N3O. The van der Waals surface area contributed by atoms with Crippen LogP contribution in [0, 0.1) is 6.92 Å². The number of aromatic nitrogens is 2. The maximum absolute atomic E-state index is 12.3. The van der Waals surface area contributed by atoms with Crippen molar-refractivity contribution in [3.63, 3.8) is 0 Å². The van der Waals surface area contributed by atoms with Crippen molar-refractivity contribution in [2.24, 2.45) is 0 Å². The highest BCUT2D eigenvalue weighted by molar-refractivity contribution is 5.79. The van der Waals surface area contributed by atoms with Gasteiger partial charge < -0.3 is 9.88 Å². The second-order valence-electron chi connectivity index (χ2n) is 7.65. The summed E-state index contributed by atoms with van der Waals surface area (Å²) in [6, 6.07) is 26.8. The molecule has 1 heterocycles. The summed E-state index contributed by atoms with van der Waals surface area (Å²) in [7, 11) is 0. The minimum Gasteiger partial charge on any atom is -0.356 e. The van der Waals surface area contributed by atoms with Crippen LogP contribution < -0.4 is 5.32 Å². The van der Waals surface area contributed by atoms with Gasteiger partial charge in [-0.15, -0.1) is 0 Å². The summed E-state index contributed by atoms with van der Waals surface area (Å²) in [5.41, 5.74) is 5.67. The summed E-state index contributed by atoms with van der Waals surface area (Å²) < 4.78 is 2.29. The number of hydrogen-bond donors (Lipinski definition) is 1. The topological polar surface area (TPSA) is 46.9 Å². The first-order valence-electron chi connectivity index (χ1n) is 10.5. The lowest BCUT2D eigenvalue weighted by atomic mass is 10.1. The van der Waals surface area contributed by atoms with Gasteiger partial charge >= 0.3 is 0 Å². The van der Waals surface area contributed by atoms with Crippen LogP contribution in [0.5, 0.6) is 0 Å².